The molecule has 0 spiro atoms. The number of nitrogens with zero attached hydrogens (tertiary/aromatic N) is 2. The number of nitrogens with one attached hydrogen (secondary N) is 1. The van der Waals surface area contributed by atoms with Crippen molar-refractivity contribution in [2.75, 3.05) is 11.9 Å². The quantitative estimate of drug-likeness (QED) is 0.716. The van der Waals surface area contributed by atoms with Crippen molar-refractivity contribution in [3.8, 4) is 11.4 Å². The Balaban J connectivity index is 1.69. The molecule has 0 radical (unpaired) electrons. The minimum Gasteiger partial charge on any atom is -0.494 e. The molecular formula is C21H21N3O3S. The van der Waals surface area contributed by atoms with Crippen LogP contribution in [0, 0.1) is 6.92 Å². The fourth-order valence-electron chi connectivity index (χ4n) is 3.28. The number of aryl methyl sites for hydroxylation is 1. The van der Waals surface area contributed by atoms with Crippen LogP contribution in [0.1, 0.15) is 34.1 Å². The smallest absolute Gasteiger partial charge is 0.256 e. The molecular weight excluding hydrogens is 374 g/mol. The number of carbonyl (C=O) groups excluding carboxylic acids is 1. The van der Waals surface area contributed by atoms with Crippen LogP contribution >= 0.6 is 0 Å². The van der Waals surface area contributed by atoms with Gasteiger partial charge in [0.05, 0.1) is 29.5 Å². The van der Waals surface area contributed by atoms with Crippen LogP contribution in [0.5, 0.6) is 5.75 Å². The molecule has 7 heteroatoms. The van der Waals surface area contributed by atoms with Gasteiger partial charge in [0.25, 0.3) is 5.91 Å². The van der Waals surface area contributed by atoms with Gasteiger partial charge in [-0.25, -0.2) is 4.68 Å². The Morgan fingerprint density at radius 2 is 1.93 bits per heavy atom. The van der Waals surface area contributed by atoms with Crippen molar-refractivity contribution in [3.63, 3.8) is 0 Å². The zero-order chi connectivity index (χ0) is 19.7. The number of fused-ring (bicyclic) bond motifs is 1. The molecule has 28 heavy (non-hydrogen) atoms. The van der Waals surface area contributed by atoms with Gasteiger partial charge in [-0.2, -0.15) is 5.10 Å². The van der Waals surface area contributed by atoms with Gasteiger partial charge in [0.1, 0.15) is 11.6 Å². The van der Waals surface area contributed by atoms with Gasteiger partial charge in [0.15, 0.2) is 0 Å². The molecule has 2 aromatic carbocycles. The van der Waals surface area contributed by atoms with Crippen LogP contribution in [0.2, 0.25) is 0 Å². The highest BCUT2D eigenvalue weighted by atomic mass is 32.2. The van der Waals surface area contributed by atoms with Crippen LogP contribution in [-0.2, 0) is 22.3 Å². The SMILES string of the molecule is CCOc1ccc(C(=O)Nc2c3c(nn2-c2ccccc2C)C[S@](=O)C3)cc1. The van der Waals surface area contributed by atoms with Gasteiger partial charge in [0.2, 0.25) is 0 Å². The lowest BCUT2D eigenvalue weighted by molar-refractivity contribution is 0.102. The molecule has 0 unspecified atom stereocenters. The highest BCUT2D eigenvalue weighted by Crippen LogP contribution is 2.32. The normalized spacial score (nSPS) is 15.3. The molecule has 0 bridgehead atoms. The van der Waals surface area contributed by atoms with Crippen molar-refractivity contribution in [1.82, 2.24) is 9.78 Å². The first-order valence-corrected chi connectivity index (χ1v) is 10.6. The molecule has 1 N–H and O–H groups in total. The molecule has 1 atom stereocenters. The maximum atomic E-state index is 12.9. The summed E-state index contributed by atoms with van der Waals surface area (Å²) in [5, 5.41) is 7.64. The number of carbonyl (C=O) groups is 1. The molecule has 144 valence electrons. The number of aromatic nitrogens is 2. The molecule has 0 saturated carbocycles. The summed E-state index contributed by atoms with van der Waals surface area (Å²) in [4.78, 5) is 12.9. The molecule has 3 aromatic rings. The van der Waals surface area contributed by atoms with Crippen molar-refractivity contribution < 1.29 is 13.7 Å². The predicted molar refractivity (Wildman–Crippen MR) is 109 cm³/mol. The molecule has 0 fully saturated rings. The van der Waals surface area contributed by atoms with Gasteiger partial charge in [-0.05, 0) is 49.7 Å². The minimum atomic E-state index is -0.977. The Labute approximate surface area is 166 Å². The minimum absolute atomic E-state index is 0.238. The topological polar surface area (TPSA) is 73.2 Å². The summed E-state index contributed by atoms with van der Waals surface area (Å²) >= 11 is 0. The first-order valence-electron chi connectivity index (χ1n) is 9.12. The second-order valence-corrected chi connectivity index (χ2v) is 8.07. The summed E-state index contributed by atoms with van der Waals surface area (Å²) < 4.78 is 19.2. The number of hydrogen-bond donors (Lipinski definition) is 1. The average Bonchev–Trinajstić information content (AvgIpc) is 3.20. The molecule has 1 aromatic heterocycles. The molecule has 0 saturated heterocycles. The van der Waals surface area contributed by atoms with Crippen LogP contribution in [-0.4, -0.2) is 26.5 Å². The van der Waals surface area contributed by atoms with Crippen molar-refractivity contribution in [1.29, 1.82) is 0 Å². The van der Waals surface area contributed by atoms with E-state index in [-0.39, 0.29) is 5.91 Å². The van der Waals surface area contributed by atoms with E-state index >= 15 is 0 Å². The molecule has 6 nitrogen and oxygen atoms in total. The van der Waals surface area contributed by atoms with Crippen molar-refractivity contribution >= 4 is 22.5 Å². The van der Waals surface area contributed by atoms with Gasteiger partial charge >= 0.3 is 0 Å². The van der Waals surface area contributed by atoms with Crippen molar-refractivity contribution in [2.24, 2.45) is 0 Å². The number of anilines is 1. The molecule has 4 rings (SSSR count). The highest BCUT2D eigenvalue weighted by molar-refractivity contribution is 7.83. The van der Waals surface area contributed by atoms with Gasteiger partial charge < -0.3 is 10.1 Å². The summed E-state index contributed by atoms with van der Waals surface area (Å²) in [5.41, 5.74) is 4.09. The van der Waals surface area contributed by atoms with Gasteiger partial charge in [-0.3, -0.25) is 9.00 Å². The zero-order valence-corrected chi connectivity index (χ0v) is 16.6. The van der Waals surface area contributed by atoms with E-state index in [1.807, 2.05) is 38.1 Å². The number of amides is 1. The van der Waals surface area contributed by atoms with Crippen LogP contribution in [0.3, 0.4) is 0 Å². The van der Waals surface area contributed by atoms with E-state index in [0.29, 0.717) is 29.5 Å². The van der Waals surface area contributed by atoms with E-state index in [1.165, 1.54) is 0 Å². The largest absolute Gasteiger partial charge is 0.494 e. The third-order valence-electron chi connectivity index (χ3n) is 4.67. The van der Waals surface area contributed by atoms with Crippen LogP contribution in [0.25, 0.3) is 5.69 Å². The zero-order valence-electron chi connectivity index (χ0n) is 15.8. The summed E-state index contributed by atoms with van der Waals surface area (Å²) in [7, 11) is -0.977. The Hall–Kier alpha value is -2.93. The number of ether oxygens (including phenoxy) is 1. The maximum Gasteiger partial charge on any atom is 0.256 e. The van der Waals surface area contributed by atoms with Crippen molar-refractivity contribution in [3.05, 3.63) is 70.9 Å². The first-order chi connectivity index (χ1) is 13.6. The lowest BCUT2D eigenvalue weighted by Gasteiger charge is -2.13. The first kappa shape index (κ1) is 18.4. The molecule has 0 aliphatic carbocycles. The van der Waals surface area contributed by atoms with E-state index in [0.717, 1.165) is 28.3 Å². The number of benzene rings is 2. The van der Waals surface area contributed by atoms with Crippen LogP contribution in [0.15, 0.2) is 48.5 Å². The summed E-state index contributed by atoms with van der Waals surface area (Å²) in [6.45, 7) is 4.49. The monoisotopic (exact) mass is 395 g/mol. The predicted octanol–water partition coefficient (Wildman–Crippen LogP) is 3.59. The molecule has 1 aliphatic heterocycles. The Morgan fingerprint density at radius 1 is 1.18 bits per heavy atom. The standard InChI is InChI=1S/C21H21N3O3S/c1-3-27-16-10-8-15(9-11-16)21(25)22-20-17-12-28(26)13-18(17)23-24(20)19-7-5-4-6-14(19)2/h4-11H,3,12-13H2,1-2H3,(H,22,25)/t28-/m1/s1. The lowest BCUT2D eigenvalue weighted by Crippen LogP contribution is -2.17. The Morgan fingerprint density at radius 3 is 2.64 bits per heavy atom. The number of para-hydroxylation sites is 1. The third-order valence-corrected chi connectivity index (χ3v) is 5.88. The molecule has 2 heterocycles. The van der Waals surface area contributed by atoms with Gasteiger partial charge in [-0.15, -0.1) is 0 Å². The average molecular weight is 395 g/mol. The lowest BCUT2D eigenvalue weighted by atomic mass is 10.2. The van der Waals surface area contributed by atoms with E-state index in [4.69, 9.17) is 4.74 Å². The highest BCUT2D eigenvalue weighted by Gasteiger charge is 2.28. The third kappa shape index (κ3) is 3.45. The van der Waals surface area contributed by atoms with Crippen LogP contribution in [0.4, 0.5) is 5.82 Å². The Bertz CT molecular complexity index is 1060. The maximum absolute atomic E-state index is 12.9. The summed E-state index contributed by atoms with van der Waals surface area (Å²) in [6.07, 6.45) is 0. The molecule has 1 amide bonds. The van der Waals surface area contributed by atoms with Crippen LogP contribution < -0.4 is 10.1 Å². The summed E-state index contributed by atoms with van der Waals surface area (Å²) in [5.74, 6) is 1.90. The van der Waals surface area contributed by atoms with Gasteiger partial charge in [-0.1, -0.05) is 18.2 Å². The Kier molecular flexibility index (Phi) is 5.00. The van der Waals surface area contributed by atoms with Crippen molar-refractivity contribution in [2.45, 2.75) is 25.4 Å². The second kappa shape index (κ2) is 7.59. The van der Waals surface area contributed by atoms with E-state index in [9.17, 15) is 9.00 Å². The van der Waals surface area contributed by atoms with E-state index in [2.05, 4.69) is 10.4 Å². The number of rotatable bonds is 5. The van der Waals surface area contributed by atoms with Gasteiger partial charge in [0, 0.05) is 21.9 Å². The summed E-state index contributed by atoms with van der Waals surface area (Å²) in [6, 6.07) is 14.9. The fourth-order valence-corrected chi connectivity index (χ4v) is 4.54. The fraction of sp³-hybridized carbons (Fsp3) is 0.238. The second-order valence-electron chi connectivity index (χ2n) is 6.61. The molecule has 1 aliphatic rings. The van der Waals surface area contributed by atoms with E-state index in [1.54, 1.807) is 28.9 Å². The van der Waals surface area contributed by atoms with E-state index < -0.39 is 10.8 Å². The number of hydrogen-bond acceptors (Lipinski definition) is 4.